The molecule has 3 nitrogen and oxygen atoms in total. The van der Waals surface area contributed by atoms with Gasteiger partial charge in [0.1, 0.15) is 0 Å². The Labute approximate surface area is 102 Å². The third kappa shape index (κ3) is 3.09. The van der Waals surface area contributed by atoms with Crippen molar-refractivity contribution in [1.82, 2.24) is 0 Å². The fraction of sp³-hybridized carbons (Fsp3) is 0.538. The van der Waals surface area contributed by atoms with Gasteiger partial charge in [0.15, 0.2) is 11.6 Å². The van der Waals surface area contributed by atoms with Crippen LogP contribution >= 0.6 is 0 Å². The van der Waals surface area contributed by atoms with Crippen LogP contribution in [0.25, 0.3) is 0 Å². The van der Waals surface area contributed by atoms with Crippen LogP contribution in [0.2, 0.25) is 0 Å². The van der Waals surface area contributed by atoms with Crippen molar-refractivity contribution in [2.45, 2.75) is 25.8 Å². The Bertz CT molecular complexity index is 380. The van der Waals surface area contributed by atoms with Crippen LogP contribution in [-0.4, -0.2) is 26.2 Å². The molecule has 0 unspecified atom stereocenters. The molecule has 0 spiro atoms. The highest BCUT2D eigenvalue weighted by atomic mass is 19.1. The summed E-state index contributed by atoms with van der Waals surface area (Å²) < 4.78 is 18.5. The molecule has 1 aromatic rings. The van der Waals surface area contributed by atoms with E-state index in [1.807, 2.05) is 18.0 Å². The highest BCUT2D eigenvalue weighted by molar-refractivity contribution is 5.51. The van der Waals surface area contributed by atoms with Crippen LogP contribution in [0.5, 0.6) is 5.75 Å². The lowest BCUT2D eigenvalue weighted by Crippen LogP contribution is -2.42. The summed E-state index contributed by atoms with van der Waals surface area (Å²) in [6, 6.07) is 4.97. The van der Waals surface area contributed by atoms with Crippen molar-refractivity contribution in [1.29, 1.82) is 0 Å². The minimum atomic E-state index is -0.347. The molecule has 0 aliphatic carbocycles. The standard InChI is InChI=1S/C13H21FN2O/c1-13(2,7-8-15)16(3)10-5-6-12(17-4)11(14)9-10/h5-6,9H,7-8,15H2,1-4H3. The van der Waals surface area contributed by atoms with Gasteiger partial charge in [-0.05, 0) is 38.9 Å². The monoisotopic (exact) mass is 240 g/mol. The zero-order valence-electron chi connectivity index (χ0n) is 11.0. The molecule has 4 heteroatoms. The largest absolute Gasteiger partial charge is 0.494 e. The first-order valence-electron chi connectivity index (χ1n) is 5.70. The Hall–Kier alpha value is -1.29. The molecule has 0 aromatic heterocycles. The summed E-state index contributed by atoms with van der Waals surface area (Å²) in [5.74, 6) is -0.0841. The smallest absolute Gasteiger partial charge is 0.167 e. The van der Waals surface area contributed by atoms with Crippen LogP contribution in [0, 0.1) is 5.82 Å². The number of nitrogens with zero attached hydrogens (tertiary/aromatic N) is 1. The lowest BCUT2D eigenvalue weighted by atomic mass is 9.98. The number of halogens is 1. The van der Waals surface area contributed by atoms with Gasteiger partial charge in [0, 0.05) is 24.3 Å². The minimum absolute atomic E-state index is 0.101. The van der Waals surface area contributed by atoms with Crippen LogP contribution in [0.3, 0.4) is 0 Å². The predicted molar refractivity (Wildman–Crippen MR) is 69.1 cm³/mol. The second-order valence-corrected chi connectivity index (χ2v) is 4.73. The molecule has 0 fully saturated rings. The first-order valence-corrected chi connectivity index (χ1v) is 5.70. The average molecular weight is 240 g/mol. The van der Waals surface area contributed by atoms with Gasteiger partial charge >= 0.3 is 0 Å². The van der Waals surface area contributed by atoms with Crippen molar-refractivity contribution >= 4 is 5.69 Å². The quantitative estimate of drug-likeness (QED) is 0.859. The van der Waals surface area contributed by atoms with Crippen molar-refractivity contribution in [2.24, 2.45) is 5.73 Å². The van der Waals surface area contributed by atoms with Gasteiger partial charge in [-0.15, -0.1) is 0 Å². The van der Waals surface area contributed by atoms with Crippen LogP contribution in [0.4, 0.5) is 10.1 Å². The number of ether oxygens (including phenoxy) is 1. The molecule has 0 atom stereocenters. The summed E-state index contributed by atoms with van der Waals surface area (Å²) in [4.78, 5) is 2.03. The van der Waals surface area contributed by atoms with Crippen LogP contribution in [0.1, 0.15) is 20.3 Å². The Morgan fingerprint density at radius 1 is 1.41 bits per heavy atom. The maximum atomic E-state index is 13.6. The first-order chi connectivity index (χ1) is 7.92. The van der Waals surface area contributed by atoms with E-state index in [2.05, 4.69) is 13.8 Å². The molecule has 0 bridgehead atoms. The predicted octanol–water partition coefficient (Wildman–Crippen LogP) is 2.40. The highest BCUT2D eigenvalue weighted by Gasteiger charge is 2.23. The van der Waals surface area contributed by atoms with Crippen LogP contribution < -0.4 is 15.4 Å². The summed E-state index contributed by atoms with van der Waals surface area (Å²) in [5.41, 5.74) is 6.30. The van der Waals surface area contributed by atoms with Crippen LogP contribution in [-0.2, 0) is 0 Å². The summed E-state index contributed by atoms with van der Waals surface area (Å²) in [7, 11) is 3.40. The Morgan fingerprint density at radius 3 is 2.53 bits per heavy atom. The molecule has 96 valence electrons. The second kappa shape index (κ2) is 5.36. The molecule has 17 heavy (non-hydrogen) atoms. The van der Waals surface area contributed by atoms with E-state index in [9.17, 15) is 4.39 Å². The number of methoxy groups -OCH3 is 1. The molecule has 1 aromatic carbocycles. The maximum absolute atomic E-state index is 13.6. The third-order valence-corrected chi connectivity index (χ3v) is 3.19. The van der Waals surface area contributed by atoms with E-state index in [1.165, 1.54) is 13.2 Å². The van der Waals surface area contributed by atoms with Gasteiger partial charge in [0.05, 0.1) is 7.11 Å². The van der Waals surface area contributed by atoms with E-state index in [0.717, 1.165) is 12.1 Å². The molecule has 0 saturated carbocycles. The topological polar surface area (TPSA) is 38.5 Å². The SMILES string of the molecule is COc1ccc(N(C)C(C)(C)CCN)cc1F. The normalized spacial score (nSPS) is 11.4. The van der Waals surface area contributed by atoms with E-state index < -0.39 is 0 Å². The Balaban J connectivity index is 2.96. The molecule has 0 aliphatic rings. The fourth-order valence-corrected chi connectivity index (χ4v) is 1.73. The summed E-state index contributed by atoms with van der Waals surface area (Å²) in [6.45, 7) is 4.78. The van der Waals surface area contributed by atoms with Gasteiger partial charge in [-0.2, -0.15) is 0 Å². The second-order valence-electron chi connectivity index (χ2n) is 4.73. The number of benzene rings is 1. The first kappa shape index (κ1) is 13.8. The molecule has 1 rings (SSSR count). The van der Waals surface area contributed by atoms with Gasteiger partial charge in [0.25, 0.3) is 0 Å². The summed E-state index contributed by atoms with van der Waals surface area (Å²) in [6.07, 6.45) is 0.844. The summed E-state index contributed by atoms with van der Waals surface area (Å²) in [5, 5.41) is 0. The maximum Gasteiger partial charge on any atom is 0.167 e. The van der Waals surface area contributed by atoms with Gasteiger partial charge in [-0.25, -0.2) is 4.39 Å². The van der Waals surface area contributed by atoms with Gasteiger partial charge in [-0.1, -0.05) is 0 Å². The number of rotatable bonds is 5. The number of nitrogens with two attached hydrogens (primary N) is 1. The zero-order chi connectivity index (χ0) is 13.1. The van der Waals surface area contributed by atoms with E-state index in [4.69, 9.17) is 10.5 Å². The van der Waals surface area contributed by atoms with Gasteiger partial charge < -0.3 is 15.4 Å². The molecule has 0 amide bonds. The number of hydrogen-bond donors (Lipinski definition) is 1. The van der Waals surface area contributed by atoms with Gasteiger partial charge in [0.2, 0.25) is 0 Å². The Kier molecular flexibility index (Phi) is 4.34. The van der Waals surface area contributed by atoms with Crippen molar-refractivity contribution in [2.75, 3.05) is 25.6 Å². The minimum Gasteiger partial charge on any atom is -0.494 e. The number of hydrogen-bond acceptors (Lipinski definition) is 3. The lowest BCUT2D eigenvalue weighted by molar-refractivity contribution is 0.386. The van der Waals surface area contributed by atoms with Crippen molar-refractivity contribution in [3.8, 4) is 5.75 Å². The highest BCUT2D eigenvalue weighted by Crippen LogP contribution is 2.28. The Morgan fingerprint density at radius 2 is 2.06 bits per heavy atom. The lowest BCUT2D eigenvalue weighted by Gasteiger charge is -2.37. The molecule has 0 aliphatic heterocycles. The third-order valence-electron chi connectivity index (χ3n) is 3.19. The molecule has 0 radical (unpaired) electrons. The summed E-state index contributed by atoms with van der Waals surface area (Å²) >= 11 is 0. The van der Waals surface area contributed by atoms with Gasteiger partial charge in [-0.3, -0.25) is 0 Å². The fourth-order valence-electron chi connectivity index (χ4n) is 1.73. The molecule has 0 heterocycles. The van der Waals surface area contributed by atoms with Crippen molar-refractivity contribution < 1.29 is 9.13 Å². The molecular formula is C13H21FN2O. The molecular weight excluding hydrogens is 219 g/mol. The molecule has 0 saturated heterocycles. The van der Waals surface area contributed by atoms with E-state index in [1.54, 1.807) is 6.07 Å². The van der Waals surface area contributed by atoms with Crippen molar-refractivity contribution in [3.63, 3.8) is 0 Å². The van der Waals surface area contributed by atoms with E-state index in [-0.39, 0.29) is 17.1 Å². The van der Waals surface area contributed by atoms with E-state index >= 15 is 0 Å². The average Bonchev–Trinajstić information content (AvgIpc) is 2.27. The van der Waals surface area contributed by atoms with Crippen LogP contribution in [0.15, 0.2) is 18.2 Å². The molecule has 2 N–H and O–H groups in total. The van der Waals surface area contributed by atoms with E-state index in [0.29, 0.717) is 6.54 Å². The number of anilines is 1. The van der Waals surface area contributed by atoms with Crippen molar-refractivity contribution in [3.05, 3.63) is 24.0 Å². The zero-order valence-corrected chi connectivity index (χ0v) is 11.0.